The van der Waals surface area contributed by atoms with Gasteiger partial charge in [0.05, 0.1) is 19.1 Å². The highest BCUT2D eigenvalue weighted by molar-refractivity contribution is 8.23. The molecule has 0 aliphatic carbocycles. The Morgan fingerprint density at radius 1 is 1.61 bits per heavy atom. The molecule has 0 spiro atoms. The molecule has 0 aromatic heterocycles. The van der Waals surface area contributed by atoms with Crippen LogP contribution in [-0.4, -0.2) is 34.3 Å². The largest absolute Gasteiger partial charge is 0.497 e. The molecule has 1 aromatic rings. The lowest BCUT2D eigenvalue weighted by Gasteiger charge is -2.07. The highest BCUT2D eigenvalue weighted by Gasteiger charge is 2.26. The zero-order valence-electron chi connectivity index (χ0n) is 9.42. The van der Waals surface area contributed by atoms with E-state index in [1.807, 2.05) is 0 Å². The minimum Gasteiger partial charge on any atom is -0.497 e. The van der Waals surface area contributed by atoms with E-state index in [1.54, 1.807) is 6.07 Å². The molecule has 0 saturated carbocycles. The van der Waals surface area contributed by atoms with E-state index in [4.69, 9.17) is 17.0 Å². The molecule has 1 amide bonds. The molecular formula is C11H9FN2O2S2. The van der Waals surface area contributed by atoms with Crippen molar-refractivity contribution in [1.29, 1.82) is 0 Å². The van der Waals surface area contributed by atoms with Gasteiger partial charge in [-0.05, 0) is 12.1 Å². The minimum atomic E-state index is -0.469. The molecule has 1 aliphatic rings. The quantitative estimate of drug-likeness (QED) is 0.629. The molecule has 18 heavy (non-hydrogen) atoms. The third kappa shape index (κ3) is 2.68. The monoisotopic (exact) mass is 284 g/mol. The zero-order valence-corrected chi connectivity index (χ0v) is 11.1. The molecule has 1 heterocycles. The van der Waals surface area contributed by atoms with Crippen molar-refractivity contribution in [3.63, 3.8) is 0 Å². The number of carbonyl (C=O) groups is 1. The molecule has 4 nitrogen and oxygen atoms in total. The summed E-state index contributed by atoms with van der Waals surface area (Å²) in [4.78, 5) is 11.4. The number of carbonyl (C=O) groups excluding carboxylic acids is 1. The van der Waals surface area contributed by atoms with Crippen molar-refractivity contribution >= 4 is 40.4 Å². The molecular weight excluding hydrogens is 275 g/mol. The van der Waals surface area contributed by atoms with E-state index in [0.29, 0.717) is 10.1 Å². The fourth-order valence-corrected chi connectivity index (χ4v) is 2.28. The van der Waals surface area contributed by atoms with E-state index in [9.17, 15) is 9.18 Å². The number of ether oxygens (including phenoxy) is 1. The molecule has 1 saturated heterocycles. The number of thioether (sulfide) groups is 1. The fourth-order valence-electron chi connectivity index (χ4n) is 1.32. The van der Waals surface area contributed by atoms with Crippen LogP contribution in [0.4, 0.5) is 4.39 Å². The normalized spacial score (nSPS) is 15.8. The second kappa shape index (κ2) is 5.45. The van der Waals surface area contributed by atoms with Crippen molar-refractivity contribution in [2.24, 2.45) is 5.10 Å². The van der Waals surface area contributed by atoms with Crippen molar-refractivity contribution in [3.8, 4) is 5.75 Å². The second-order valence-electron chi connectivity index (χ2n) is 3.39. The van der Waals surface area contributed by atoms with Crippen molar-refractivity contribution in [1.82, 2.24) is 5.01 Å². The number of hydrogen-bond acceptors (Lipinski definition) is 5. The smallest absolute Gasteiger partial charge is 0.259 e. The highest BCUT2D eigenvalue weighted by Crippen LogP contribution is 2.20. The van der Waals surface area contributed by atoms with E-state index in [2.05, 4.69) is 5.10 Å². The number of benzene rings is 1. The minimum absolute atomic E-state index is 0.199. The van der Waals surface area contributed by atoms with Crippen molar-refractivity contribution in [3.05, 3.63) is 29.6 Å². The maximum atomic E-state index is 13.6. The number of methoxy groups -OCH3 is 1. The number of nitrogens with zero attached hydrogens (tertiary/aromatic N) is 2. The first-order valence-electron chi connectivity index (χ1n) is 4.99. The van der Waals surface area contributed by atoms with E-state index in [1.165, 1.54) is 37.2 Å². The Bertz CT molecular complexity index is 518. The van der Waals surface area contributed by atoms with E-state index >= 15 is 0 Å². The average Bonchev–Trinajstić information content (AvgIpc) is 2.68. The molecule has 7 heteroatoms. The van der Waals surface area contributed by atoms with Crippen LogP contribution in [0.2, 0.25) is 0 Å². The molecule has 0 bridgehead atoms. The topological polar surface area (TPSA) is 41.9 Å². The third-order valence-corrected chi connectivity index (χ3v) is 3.59. The van der Waals surface area contributed by atoms with Crippen LogP contribution in [0.3, 0.4) is 0 Å². The summed E-state index contributed by atoms with van der Waals surface area (Å²) in [5.74, 6) is 0.0350. The van der Waals surface area contributed by atoms with Gasteiger partial charge >= 0.3 is 0 Å². The predicted octanol–water partition coefficient (Wildman–Crippen LogP) is 2.03. The van der Waals surface area contributed by atoms with E-state index in [-0.39, 0.29) is 17.2 Å². The van der Waals surface area contributed by atoms with Crippen molar-refractivity contribution < 1.29 is 13.9 Å². The number of halogens is 1. The number of amides is 1. The SMILES string of the molecule is COc1ccc(/C=N/N2C(=O)CSC2=S)c(F)c1. The highest BCUT2D eigenvalue weighted by atomic mass is 32.2. The molecule has 94 valence electrons. The van der Waals surface area contributed by atoms with Gasteiger partial charge in [-0.1, -0.05) is 24.0 Å². The Labute approximate surface area is 113 Å². The summed E-state index contributed by atoms with van der Waals surface area (Å²) >= 11 is 6.19. The van der Waals surface area contributed by atoms with Gasteiger partial charge in [0.1, 0.15) is 11.6 Å². The summed E-state index contributed by atoms with van der Waals surface area (Å²) in [5.41, 5.74) is 0.267. The third-order valence-electron chi connectivity index (χ3n) is 2.25. The van der Waals surface area contributed by atoms with Crippen LogP contribution in [0.25, 0.3) is 0 Å². The summed E-state index contributed by atoms with van der Waals surface area (Å²) in [6.45, 7) is 0. The first kappa shape index (κ1) is 13.0. The second-order valence-corrected chi connectivity index (χ2v) is 5.00. The summed E-state index contributed by atoms with van der Waals surface area (Å²) < 4.78 is 18.9. The van der Waals surface area contributed by atoms with Gasteiger partial charge in [-0.3, -0.25) is 4.79 Å². The predicted molar refractivity (Wildman–Crippen MR) is 72.4 cm³/mol. The fraction of sp³-hybridized carbons (Fsp3) is 0.182. The van der Waals surface area contributed by atoms with Gasteiger partial charge in [-0.15, -0.1) is 0 Å². The molecule has 0 N–H and O–H groups in total. The lowest BCUT2D eigenvalue weighted by molar-refractivity contribution is -0.123. The maximum Gasteiger partial charge on any atom is 0.259 e. The molecule has 2 rings (SSSR count). The summed E-state index contributed by atoms with van der Waals surface area (Å²) in [6.07, 6.45) is 1.27. The Hall–Kier alpha value is -1.47. The molecule has 0 radical (unpaired) electrons. The Morgan fingerprint density at radius 3 is 2.94 bits per heavy atom. The van der Waals surface area contributed by atoms with Gasteiger partial charge < -0.3 is 4.74 Å². The van der Waals surface area contributed by atoms with Gasteiger partial charge in [-0.2, -0.15) is 10.1 Å². The van der Waals surface area contributed by atoms with Gasteiger partial charge in [-0.25, -0.2) is 4.39 Å². The number of rotatable bonds is 3. The number of hydrogen-bond donors (Lipinski definition) is 0. The van der Waals surface area contributed by atoms with Crippen LogP contribution < -0.4 is 4.74 Å². The lowest BCUT2D eigenvalue weighted by Crippen LogP contribution is -2.22. The van der Waals surface area contributed by atoms with Crippen LogP contribution >= 0.6 is 24.0 Å². The summed E-state index contributed by atoms with van der Waals surface area (Å²) in [6, 6.07) is 4.39. The van der Waals surface area contributed by atoms with E-state index < -0.39 is 5.82 Å². The van der Waals surface area contributed by atoms with Crippen LogP contribution in [0.15, 0.2) is 23.3 Å². The van der Waals surface area contributed by atoms with Gasteiger partial charge in [0.2, 0.25) is 0 Å². The van der Waals surface area contributed by atoms with Crippen LogP contribution in [0.5, 0.6) is 5.75 Å². The van der Waals surface area contributed by atoms with Gasteiger partial charge in [0, 0.05) is 11.6 Å². The summed E-state index contributed by atoms with van der Waals surface area (Å²) in [5, 5.41) is 4.99. The van der Waals surface area contributed by atoms with E-state index in [0.717, 1.165) is 5.01 Å². The first-order chi connectivity index (χ1) is 8.61. The number of thiocarbonyl (C=S) groups is 1. The molecule has 0 atom stereocenters. The average molecular weight is 284 g/mol. The van der Waals surface area contributed by atoms with Crippen LogP contribution in [0, 0.1) is 5.82 Å². The Morgan fingerprint density at radius 2 is 2.39 bits per heavy atom. The van der Waals surface area contributed by atoms with Crippen LogP contribution in [-0.2, 0) is 4.79 Å². The Balaban J connectivity index is 2.18. The number of hydrazone groups is 1. The molecule has 1 fully saturated rings. The van der Waals surface area contributed by atoms with Crippen molar-refractivity contribution in [2.75, 3.05) is 12.9 Å². The lowest BCUT2D eigenvalue weighted by atomic mass is 10.2. The molecule has 0 unspecified atom stereocenters. The summed E-state index contributed by atoms with van der Waals surface area (Å²) in [7, 11) is 1.46. The van der Waals surface area contributed by atoms with Gasteiger partial charge in [0.25, 0.3) is 5.91 Å². The zero-order chi connectivity index (χ0) is 13.1. The first-order valence-corrected chi connectivity index (χ1v) is 6.38. The van der Waals surface area contributed by atoms with Crippen molar-refractivity contribution in [2.45, 2.75) is 0 Å². The van der Waals surface area contributed by atoms with Gasteiger partial charge in [0.15, 0.2) is 4.32 Å². The standard InChI is InChI=1S/C11H9FN2O2S2/c1-16-8-3-2-7(9(12)4-8)5-13-14-10(15)6-18-11(14)17/h2-5H,6H2,1H3/b13-5+. The maximum absolute atomic E-state index is 13.6. The molecule has 1 aromatic carbocycles. The molecule has 1 aliphatic heterocycles. The van der Waals surface area contributed by atoms with Crippen LogP contribution in [0.1, 0.15) is 5.56 Å². The Kier molecular flexibility index (Phi) is 3.93.